The molecular formula is C23H37BN2O4. The van der Waals surface area contributed by atoms with E-state index < -0.39 is 5.60 Å². The number of rotatable bonds is 3. The minimum absolute atomic E-state index is 0.123. The summed E-state index contributed by atoms with van der Waals surface area (Å²) in [5, 5.41) is 0. The third-order valence-corrected chi connectivity index (χ3v) is 6.53. The Kier molecular flexibility index (Phi) is 5.93. The number of nitrogens with zero attached hydrogens (tertiary/aromatic N) is 2. The molecule has 0 bridgehead atoms. The minimum Gasteiger partial charge on any atom is -0.444 e. The van der Waals surface area contributed by atoms with Crippen LogP contribution in [-0.4, -0.2) is 60.6 Å². The first kappa shape index (κ1) is 22.9. The summed E-state index contributed by atoms with van der Waals surface area (Å²) in [4.78, 5) is 16.5. The molecule has 0 unspecified atom stereocenters. The maximum atomic E-state index is 12.4. The van der Waals surface area contributed by atoms with Gasteiger partial charge in [0.05, 0.1) is 17.2 Å². The Balaban J connectivity index is 1.66. The van der Waals surface area contributed by atoms with Crippen LogP contribution < -0.4 is 10.4 Å². The largest absolute Gasteiger partial charge is 0.494 e. The van der Waals surface area contributed by atoms with Gasteiger partial charge in [-0.05, 0) is 79.4 Å². The number of benzene rings is 1. The van der Waals surface area contributed by atoms with E-state index in [4.69, 9.17) is 14.0 Å². The highest BCUT2D eigenvalue weighted by Crippen LogP contribution is 2.36. The van der Waals surface area contributed by atoms with Crippen LogP contribution in [-0.2, 0) is 14.0 Å². The van der Waals surface area contributed by atoms with E-state index in [0.717, 1.165) is 24.1 Å². The predicted octanol–water partition coefficient (Wildman–Crippen LogP) is 3.82. The molecule has 30 heavy (non-hydrogen) atoms. The van der Waals surface area contributed by atoms with Gasteiger partial charge in [-0.1, -0.05) is 12.1 Å². The van der Waals surface area contributed by atoms with Crippen molar-refractivity contribution in [2.24, 2.45) is 0 Å². The van der Waals surface area contributed by atoms with Gasteiger partial charge in [0.2, 0.25) is 0 Å². The van der Waals surface area contributed by atoms with Crippen molar-refractivity contribution in [1.29, 1.82) is 0 Å². The van der Waals surface area contributed by atoms with Crippen LogP contribution in [0.25, 0.3) is 0 Å². The SMILES string of the molecule is C[C@@H]1C[C@H](N(C)C(=O)OC(C)(C)C)CN1c1ccc(B2OC(C)(C)C(C)(C)O2)cc1. The van der Waals surface area contributed by atoms with Gasteiger partial charge in [0.1, 0.15) is 5.60 Å². The molecule has 1 aromatic rings. The molecule has 2 fully saturated rings. The maximum absolute atomic E-state index is 12.4. The number of hydrogen-bond donors (Lipinski definition) is 0. The Bertz CT molecular complexity index is 756. The molecule has 2 aliphatic heterocycles. The van der Waals surface area contributed by atoms with Gasteiger partial charge in [-0.3, -0.25) is 0 Å². The Morgan fingerprint density at radius 1 is 1.13 bits per heavy atom. The number of ether oxygens (including phenoxy) is 1. The van der Waals surface area contributed by atoms with E-state index in [2.05, 4.69) is 63.8 Å². The highest BCUT2D eigenvalue weighted by molar-refractivity contribution is 6.62. The summed E-state index contributed by atoms with van der Waals surface area (Å²) in [6, 6.07) is 8.85. The van der Waals surface area contributed by atoms with Gasteiger partial charge in [0, 0.05) is 25.3 Å². The van der Waals surface area contributed by atoms with Crippen molar-refractivity contribution in [3.05, 3.63) is 24.3 Å². The van der Waals surface area contributed by atoms with Crippen molar-refractivity contribution >= 4 is 24.4 Å². The lowest BCUT2D eigenvalue weighted by molar-refractivity contribution is 0.00578. The average molecular weight is 416 g/mol. The zero-order chi connectivity index (χ0) is 22.5. The summed E-state index contributed by atoms with van der Waals surface area (Å²) < 4.78 is 17.8. The third-order valence-electron chi connectivity index (χ3n) is 6.53. The molecule has 0 aromatic heterocycles. The van der Waals surface area contributed by atoms with Crippen molar-refractivity contribution in [2.45, 2.75) is 90.7 Å². The molecule has 0 saturated carbocycles. The van der Waals surface area contributed by atoms with Crippen LogP contribution in [0, 0.1) is 0 Å². The molecule has 2 saturated heterocycles. The van der Waals surface area contributed by atoms with E-state index in [0.29, 0.717) is 6.04 Å². The molecule has 0 aliphatic carbocycles. The topological polar surface area (TPSA) is 51.2 Å². The standard InChI is InChI=1S/C23H37BN2O4/c1-16-14-19(25(9)20(27)28-21(2,3)4)15-26(16)18-12-10-17(11-13-18)24-29-22(5,6)23(7,8)30-24/h10-13,16,19H,14-15H2,1-9H3/t16-,19+/m1/s1. The van der Waals surface area contributed by atoms with Crippen LogP contribution in [0.1, 0.15) is 61.8 Å². The predicted molar refractivity (Wildman–Crippen MR) is 121 cm³/mol. The normalized spacial score (nSPS) is 25.5. The van der Waals surface area contributed by atoms with E-state index in [1.807, 2.05) is 27.8 Å². The van der Waals surface area contributed by atoms with Crippen LogP contribution in [0.2, 0.25) is 0 Å². The zero-order valence-electron chi connectivity index (χ0n) is 20.0. The number of likely N-dealkylation sites (N-methyl/N-ethyl adjacent to an activating group) is 1. The summed E-state index contributed by atoms with van der Waals surface area (Å²) in [7, 11) is 1.47. The number of amides is 1. The second-order valence-corrected chi connectivity index (χ2v) is 10.7. The Morgan fingerprint density at radius 2 is 1.67 bits per heavy atom. The van der Waals surface area contributed by atoms with Gasteiger partial charge in [0.25, 0.3) is 0 Å². The van der Waals surface area contributed by atoms with Gasteiger partial charge in [-0.15, -0.1) is 0 Å². The van der Waals surface area contributed by atoms with Crippen molar-refractivity contribution in [3.8, 4) is 0 Å². The van der Waals surface area contributed by atoms with Crippen molar-refractivity contribution in [3.63, 3.8) is 0 Å². The summed E-state index contributed by atoms with van der Waals surface area (Å²) in [6.07, 6.45) is 0.645. The average Bonchev–Trinajstić information content (AvgIpc) is 3.09. The molecular weight excluding hydrogens is 379 g/mol. The van der Waals surface area contributed by atoms with E-state index in [9.17, 15) is 4.79 Å². The fourth-order valence-corrected chi connectivity index (χ4v) is 3.93. The van der Waals surface area contributed by atoms with Gasteiger partial charge in [-0.2, -0.15) is 0 Å². The number of carbonyl (C=O) groups excluding carboxylic acids is 1. The van der Waals surface area contributed by atoms with Crippen molar-refractivity contribution in [1.82, 2.24) is 4.90 Å². The van der Waals surface area contributed by atoms with Crippen molar-refractivity contribution in [2.75, 3.05) is 18.5 Å². The van der Waals surface area contributed by atoms with E-state index >= 15 is 0 Å². The first-order valence-corrected chi connectivity index (χ1v) is 10.9. The lowest BCUT2D eigenvalue weighted by Gasteiger charge is -2.32. The summed E-state index contributed by atoms with van der Waals surface area (Å²) in [5.74, 6) is 0. The molecule has 0 radical (unpaired) electrons. The summed E-state index contributed by atoms with van der Waals surface area (Å²) in [5.41, 5.74) is 0.978. The monoisotopic (exact) mass is 416 g/mol. The van der Waals surface area contributed by atoms with E-state index in [-0.39, 0.29) is 30.5 Å². The van der Waals surface area contributed by atoms with Crippen molar-refractivity contribution < 1.29 is 18.8 Å². The first-order valence-electron chi connectivity index (χ1n) is 10.9. The Labute approximate surface area is 182 Å². The molecule has 3 rings (SSSR count). The Hall–Kier alpha value is -1.73. The molecule has 6 nitrogen and oxygen atoms in total. The number of anilines is 1. The molecule has 0 spiro atoms. The van der Waals surface area contributed by atoms with Crippen LogP contribution in [0.5, 0.6) is 0 Å². The molecule has 2 heterocycles. The number of carbonyl (C=O) groups is 1. The Morgan fingerprint density at radius 3 is 2.17 bits per heavy atom. The molecule has 2 aliphatic rings. The third kappa shape index (κ3) is 4.62. The fraction of sp³-hybridized carbons (Fsp3) is 0.696. The molecule has 7 heteroatoms. The summed E-state index contributed by atoms with van der Waals surface area (Å²) >= 11 is 0. The summed E-state index contributed by atoms with van der Waals surface area (Å²) in [6.45, 7) is 16.9. The van der Waals surface area contributed by atoms with E-state index in [1.165, 1.54) is 0 Å². The van der Waals surface area contributed by atoms with Gasteiger partial charge >= 0.3 is 13.2 Å². The molecule has 2 atom stereocenters. The highest BCUT2D eigenvalue weighted by atomic mass is 16.7. The fourth-order valence-electron chi connectivity index (χ4n) is 3.93. The highest BCUT2D eigenvalue weighted by Gasteiger charge is 2.51. The smallest absolute Gasteiger partial charge is 0.444 e. The van der Waals surface area contributed by atoms with Crippen LogP contribution in [0.15, 0.2) is 24.3 Å². The minimum atomic E-state index is -0.488. The first-order chi connectivity index (χ1) is 13.7. The van der Waals surface area contributed by atoms with E-state index in [1.54, 1.807) is 4.90 Å². The second-order valence-electron chi connectivity index (χ2n) is 10.7. The van der Waals surface area contributed by atoms with Crippen LogP contribution in [0.3, 0.4) is 0 Å². The lowest BCUT2D eigenvalue weighted by atomic mass is 9.79. The zero-order valence-corrected chi connectivity index (χ0v) is 20.0. The lowest BCUT2D eigenvalue weighted by Crippen LogP contribution is -2.42. The van der Waals surface area contributed by atoms with Crippen LogP contribution in [0.4, 0.5) is 10.5 Å². The maximum Gasteiger partial charge on any atom is 0.494 e. The van der Waals surface area contributed by atoms with Gasteiger partial charge in [0.15, 0.2) is 0 Å². The molecule has 1 amide bonds. The quantitative estimate of drug-likeness (QED) is 0.702. The molecule has 1 aromatic carbocycles. The number of hydrogen-bond acceptors (Lipinski definition) is 5. The second kappa shape index (κ2) is 7.76. The van der Waals surface area contributed by atoms with Gasteiger partial charge < -0.3 is 23.8 Å². The molecule has 0 N–H and O–H groups in total. The van der Waals surface area contributed by atoms with Gasteiger partial charge in [-0.25, -0.2) is 4.79 Å². The molecule has 166 valence electrons. The van der Waals surface area contributed by atoms with Crippen LogP contribution >= 0.6 is 0 Å².